The zero-order valence-corrected chi connectivity index (χ0v) is 14.9. The van der Waals surface area contributed by atoms with E-state index in [0.717, 1.165) is 10.8 Å². The van der Waals surface area contributed by atoms with Crippen LogP contribution < -0.4 is 10.9 Å². The number of primary sulfonamides is 1. The van der Waals surface area contributed by atoms with E-state index < -0.39 is 37.9 Å². The molecule has 0 spiro atoms. The summed E-state index contributed by atoms with van der Waals surface area (Å²) in [5.41, 5.74) is -0.388. The molecule has 3 aromatic rings. The SMILES string of the molecule is NS(=O)(=O)c1cc(F)c(-c2coc(=O)n2-c2ccc(Cl)c(Cl)c2)cc1F. The molecule has 0 aliphatic rings. The van der Waals surface area contributed by atoms with Gasteiger partial charge in [0.15, 0.2) is 0 Å². The van der Waals surface area contributed by atoms with Crippen LogP contribution in [0.1, 0.15) is 0 Å². The van der Waals surface area contributed by atoms with Gasteiger partial charge in [-0.25, -0.2) is 31.7 Å². The van der Waals surface area contributed by atoms with Crippen LogP contribution in [-0.2, 0) is 10.0 Å². The molecule has 6 nitrogen and oxygen atoms in total. The van der Waals surface area contributed by atoms with Crippen molar-refractivity contribution in [3.8, 4) is 16.9 Å². The van der Waals surface area contributed by atoms with Gasteiger partial charge >= 0.3 is 5.76 Å². The number of benzene rings is 2. The highest BCUT2D eigenvalue weighted by molar-refractivity contribution is 7.89. The first kappa shape index (κ1) is 18.6. The predicted molar refractivity (Wildman–Crippen MR) is 91.1 cm³/mol. The summed E-state index contributed by atoms with van der Waals surface area (Å²) in [5, 5.41) is 5.19. The van der Waals surface area contributed by atoms with Crippen molar-refractivity contribution < 1.29 is 21.6 Å². The molecule has 0 bridgehead atoms. The van der Waals surface area contributed by atoms with E-state index in [0.29, 0.717) is 12.1 Å². The topological polar surface area (TPSA) is 95.3 Å². The second-order valence-electron chi connectivity index (χ2n) is 5.13. The summed E-state index contributed by atoms with van der Waals surface area (Å²) in [7, 11) is -4.46. The lowest BCUT2D eigenvalue weighted by atomic mass is 10.1. The summed E-state index contributed by atoms with van der Waals surface area (Å²) in [4.78, 5) is 11.0. The first-order valence-corrected chi connectivity index (χ1v) is 9.08. The van der Waals surface area contributed by atoms with Crippen LogP contribution in [0.4, 0.5) is 8.78 Å². The molecule has 0 atom stereocenters. The summed E-state index contributed by atoms with van der Waals surface area (Å²) in [6, 6.07) is 5.19. The quantitative estimate of drug-likeness (QED) is 0.702. The van der Waals surface area contributed by atoms with Crippen LogP contribution in [0.2, 0.25) is 10.0 Å². The summed E-state index contributed by atoms with van der Waals surface area (Å²) in [6.07, 6.45) is 0.902. The fourth-order valence-electron chi connectivity index (χ4n) is 2.31. The smallest absolute Gasteiger partial charge is 0.415 e. The molecule has 0 saturated heterocycles. The van der Waals surface area contributed by atoms with Gasteiger partial charge in [-0.3, -0.25) is 0 Å². The van der Waals surface area contributed by atoms with Crippen molar-refractivity contribution in [2.24, 2.45) is 5.14 Å². The van der Waals surface area contributed by atoms with E-state index in [4.69, 9.17) is 32.8 Å². The van der Waals surface area contributed by atoms with Gasteiger partial charge in [-0.2, -0.15) is 0 Å². The van der Waals surface area contributed by atoms with Crippen LogP contribution in [-0.4, -0.2) is 13.0 Å². The first-order valence-electron chi connectivity index (χ1n) is 6.78. The lowest BCUT2D eigenvalue weighted by Gasteiger charge is -2.10. The molecule has 0 aliphatic carbocycles. The van der Waals surface area contributed by atoms with E-state index >= 15 is 0 Å². The number of rotatable bonds is 3. The highest BCUT2D eigenvalue weighted by Crippen LogP contribution is 2.30. The molecule has 26 heavy (non-hydrogen) atoms. The third-order valence-electron chi connectivity index (χ3n) is 3.46. The molecule has 3 rings (SSSR count). The predicted octanol–water partition coefficient (Wildman–Crippen LogP) is 3.33. The number of nitrogens with two attached hydrogens (primary N) is 1. The lowest BCUT2D eigenvalue weighted by molar-refractivity contribution is 0.504. The first-order chi connectivity index (χ1) is 12.1. The zero-order chi connectivity index (χ0) is 19.2. The molecule has 0 unspecified atom stereocenters. The zero-order valence-electron chi connectivity index (χ0n) is 12.5. The molecule has 136 valence electrons. The van der Waals surface area contributed by atoms with Crippen LogP contribution >= 0.6 is 23.2 Å². The van der Waals surface area contributed by atoms with E-state index in [1.165, 1.54) is 18.2 Å². The van der Waals surface area contributed by atoms with Gasteiger partial charge in [-0.05, 0) is 30.3 Å². The molecule has 0 aliphatic heterocycles. The number of nitrogens with zero attached hydrogens (tertiary/aromatic N) is 1. The molecule has 0 fully saturated rings. The molecule has 1 aromatic heterocycles. The number of aromatic nitrogens is 1. The number of hydrogen-bond donors (Lipinski definition) is 1. The van der Waals surface area contributed by atoms with Crippen molar-refractivity contribution in [1.82, 2.24) is 4.57 Å². The van der Waals surface area contributed by atoms with Crippen LogP contribution in [0.3, 0.4) is 0 Å². The normalized spacial score (nSPS) is 11.7. The second kappa shape index (κ2) is 6.51. The molecule has 2 N–H and O–H groups in total. The Balaban J connectivity index is 2.26. The minimum atomic E-state index is -4.46. The lowest BCUT2D eigenvalue weighted by Crippen LogP contribution is -2.16. The maximum atomic E-state index is 14.4. The third-order valence-corrected chi connectivity index (χ3v) is 5.13. The molecular formula is C15H8Cl2F2N2O4S. The third kappa shape index (κ3) is 3.26. The summed E-state index contributed by atoms with van der Waals surface area (Å²) in [6.45, 7) is 0. The Bertz CT molecular complexity index is 1190. The van der Waals surface area contributed by atoms with E-state index in [2.05, 4.69) is 0 Å². The second-order valence-corrected chi connectivity index (χ2v) is 7.47. The van der Waals surface area contributed by atoms with Crippen molar-refractivity contribution in [3.63, 3.8) is 0 Å². The molecule has 0 radical (unpaired) electrons. The van der Waals surface area contributed by atoms with Crippen LogP contribution in [0.15, 0.2) is 50.7 Å². The molecule has 11 heteroatoms. The average molecular weight is 421 g/mol. The van der Waals surface area contributed by atoms with Gasteiger partial charge in [-0.15, -0.1) is 0 Å². The van der Waals surface area contributed by atoms with E-state index in [9.17, 15) is 22.0 Å². The van der Waals surface area contributed by atoms with Gasteiger partial charge in [0.1, 0.15) is 22.8 Å². The summed E-state index contributed by atoms with van der Waals surface area (Å²) >= 11 is 11.7. The van der Waals surface area contributed by atoms with Crippen molar-refractivity contribution >= 4 is 33.2 Å². The Labute approximate surface area is 155 Å². The Morgan fingerprint density at radius 1 is 1.04 bits per heavy atom. The standard InChI is InChI=1S/C15H8Cl2F2N2O4S/c16-9-2-1-7(3-10(9)17)21-13(6-25-15(21)22)8-4-12(19)14(5-11(8)18)26(20,23)24/h1-6H,(H2,20,23,24). The maximum Gasteiger partial charge on any atom is 0.424 e. The Hall–Kier alpha value is -2.20. The van der Waals surface area contributed by atoms with Crippen LogP contribution in [0.5, 0.6) is 0 Å². The van der Waals surface area contributed by atoms with Crippen LogP contribution in [0, 0.1) is 11.6 Å². The van der Waals surface area contributed by atoms with Gasteiger partial charge in [0, 0.05) is 5.56 Å². The van der Waals surface area contributed by atoms with Gasteiger partial charge in [0.05, 0.1) is 21.4 Å². The van der Waals surface area contributed by atoms with Crippen molar-refractivity contribution in [1.29, 1.82) is 0 Å². The Morgan fingerprint density at radius 2 is 1.73 bits per heavy atom. The number of halogens is 4. The maximum absolute atomic E-state index is 14.4. The van der Waals surface area contributed by atoms with E-state index in [1.807, 2.05) is 0 Å². The minimum absolute atomic E-state index is 0.124. The van der Waals surface area contributed by atoms with E-state index in [1.54, 1.807) is 0 Å². The number of sulfonamides is 1. The molecule has 2 aromatic carbocycles. The van der Waals surface area contributed by atoms with Gasteiger partial charge < -0.3 is 4.42 Å². The molecule has 1 heterocycles. The average Bonchev–Trinajstić information content (AvgIpc) is 2.92. The number of hydrogen-bond acceptors (Lipinski definition) is 4. The van der Waals surface area contributed by atoms with Crippen molar-refractivity contribution in [2.45, 2.75) is 4.90 Å². The Morgan fingerprint density at radius 3 is 2.35 bits per heavy atom. The number of oxazole rings is 1. The van der Waals surface area contributed by atoms with Crippen molar-refractivity contribution in [2.75, 3.05) is 0 Å². The highest BCUT2D eigenvalue weighted by Gasteiger charge is 2.22. The molecular weight excluding hydrogens is 413 g/mol. The van der Waals surface area contributed by atoms with Gasteiger partial charge in [0.25, 0.3) is 0 Å². The van der Waals surface area contributed by atoms with E-state index in [-0.39, 0.29) is 21.4 Å². The van der Waals surface area contributed by atoms with Gasteiger partial charge in [0.2, 0.25) is 10.0 Å². The fraction of sp³-hybridized carbons (Fsp3) is 0. The van der Waals surface area contributed by atoms with Crippen LogP contribution in [0.25, 0.3) is 16.9 Å². The fourth-order valence-corrected chi connectivity index (χ4v) is 3.20. The minimum Gasteiger partial charge on any atom is -0.415 e. The molecule has 0 saturated carbocycles. The summed E-state index contributed by atoms with van der Waals surface area (Å²) < 4.78 is 56.8. The largest absolute Gasteiger partial charge is 0.424 e. The monoisotopic (exact) mass is 420 g/mol. The van der Waals surface area contributed by atoms with Crippen molar-refractivity contribution in [3.05, 3.63) is 68.8 Å². The summed E-state index contributed by atoms with van der Waals surface area (Å²) in [5.74, 6) is -3.29. The van der Waals surface area contributed by atoms with Gasteiger partial charge in [-0.1, -0.05) is 23.2 Å². The molecule has 0 amide bonds. The highest BCUT2D eigenvalue weighted by atomic mass is 35.5. The Kier molecular flexibility index (Phi) is 4.65.